The van der Waals surface area contributed by atoms with Gasteiger partial charge in [-0.1, -0.05) is 0 Å². The fourth-order valence-electron chi connectivity index (χ4n) is 1.66. The molecule has 2 aromatic rings. The molecule has 1 heterocycles. The third-order valence-corrected chi connectivity index (χ3v) is 2.75. The molecule has 7 nitrogen and oxygen atoms in total. The molecule has 0 unspecified atom stereocenters. The number of nitrogens with zero attached hydrogens (tertiary/aromatic N) is 3. The van der Waals surface area contributed by atoms with Crippen molar-refractivity contribution in [3.8, 4) is 6.07 Å². The van der Waals surface area contributed by atoms with Gasteiger partial charge in [0, 0.05) is 30.8 Å². The number of rotatable bonds is 5. The van der Waals surface area contributed by atoms with Crippen LogP contribution < -0.4 is 11.1 Å². The number of anilines is 1. The molecule has 0 radical (unpaired) electrons. The van der Waals surface area contributed by atoms with Crippen molar-refractivity contribution >= 4 is 17.6 Å². The second-order valence-corrected chi connectivity index (χ2v) is 4.32. The van der Waals surface area contributed by atoms with Crippen molar-refractivity contribution in [1.29, 1.82) is 5.26 Å². The van der Waals surface area contributed by atoms with E-state index in [4.69, 9.17) is 11.0 Å². The van der Waals surface area contributed by atoms with Gasteiger partial charge in [-0.05, 0) is 24.3 Å². The molecular weight excluding hydrogens is 270 g/mol. The molecule has 21 heavy (non-hydrogen) atoms. The molecular formula is C14H13N5O2. The molecule has 2 amide bonds. The fourth-order valence-corrected chi connectivity index (χ4v) is 1.66. The number of hydrogen-bond donors (Lipinski definition) is 2. The van der Waals surface area contributed by atoms with Gasteiger partial charge in [0.2, 0.25) is 5.91 Å². The van der Waals surface area contributed by atoms with Gasteiger partial charge in [-0.2, -0.15) is 10.4 Å². The maximum Gasteiger partial charge on any atom is 0.256 e. The van der Waals surface area contributed by atoms with Gasteiger partial charge in [0.15, 0.2) is 5.82 Å². The van der Waals surface area contributed by atoms with Crippen LogP contribution in [0.25, 0.3) is 0 Å². The highest BCUT2D eigenvalue weighted by molar-refractivity contribution is 6.03. The Hall–Kier alpha value is -3.14. The summed E-state index contributed by atoms with van der Waals surface area (Å²) < 4.78 is 1.53. The quantitative estimate of drug-likeness (QED) is 0.847. The number of aromatic nitrogens is 2. The van der Waals surface area contributed by atoms with E-state index in [0.717, 1.165) is 0 Å². The Balaban J connectivity index is 1.99. The number of carbonyl (C=O) groups is 2. The maximum atomic E-state index is 12.0. The smallest absolute Gasteiger partial charge is 0.256 e. The lowest BCUT2D eigenvalue weighted by Crippen LogP contribution is -2.15. The average Bonchev–Trinajstić information content (AvgIpc) is 2.92. The standard InChI is InChI=1S/C14H13N5O2/c15-9-10-1-3-11(4-2-10)14(21)17-13-6-8-19(18-13)7-5-12(16)20/h1-4,6,8H,5,7H2,(H2,16,20)(H,17,18,21). The molecule has 1 aromatic carbocycles. The number of aryl methyl sites for hydroxylation is 1. The summed E-state index contributed by atoms with van der Waals surface area (Å²) in [7, 11) is 0. The van der Waals surface area contributed by atoms with Gasteiger partial charge >= 0.3 is 0 Å². The van der Waals surface area contributed by atoms with E-state index in [-0.39, 0.29) is 12.3 Å². The van der Waals surface area contributed by atoms with Gasteiger partial charge in [-0.15, -0.1) is 0 Å². The minimum Gasteiger partial charge on any atom is -0.370 e. The number of hydrogen-bond acceptors (Lipinski definition) is 4. The highest BCUT2D eigenvalue weighted by Crippen LogP contribution is 2.08. The number of nitriles is 1. The van der Waals surface area contributed by atoms with Crippen LogP contribution in [0.1, 0.15) is 22.3 Å². The molecule has 0 saturated carbocycles. The van der Waals surface area contributed by atoms with Crippen LogP contribution in [0.4, 0.5) is 5.82 Å². The van der Waals surface area contributed by atoms with Crippen LogP contribution in [0, 0.1) is 11.3 Å². The van der Waals surface area contributed by atoms with Crippen LogP contribution >= 0.6 is 0 Å². The summed E-state index contributed by atoms with van der Waals surface area (Å²) in [4.78, 5) is 22.7. The van der Waals surface area contributed by atoms with E-state index in [1.165, 1.54) is 4.68 Å². The van der Waals surface area contributed by atoms with Gasteiger partial charge in [-0.25, -0.2) is 0 Å². The maximum absolute atomic E-state index is 12.0. The Morgan fingerprint density at radius 1 is 1.29 bits per heavy atom. The molecule has 0 saturated heterocycles. The first-order valence-corrected chi connectivity index (χ1v) is 6.22. The summed E-state index contributed by atoms with van der Waals surface area (Å²) in [6.07, 6.45) is 1.84. The molecule has 3 N–H and O–H groups in total. The van der Waals surface area contributed by atoms with Gasteiger partial charge in [-0.3, -0.25) is 14.3 Å². The Labute approximate surface area is 121 Å². The SMILES string of the molecule is N#Cc1ccc(C(=O)Nc2ccn(CCC(N)=O)n2)cc1. The van der Waals surface area contributed by atoms with Crippen molar-refractivity contribution in [3.05, 3.63) is 47.7 Å². The number of nitrogens with one attached hydrogen (secondary N) is 1. The summed E-state index contributed by atoms with van der Waals surface area (Å²) >= 11 is 0. The van der Waals surface area contributed by atoms with Crippen molar-refractivity contribution in [2.24, 2.45) is 5.73 Å². The van der Waals surface area contributed by atoms with Gasteiger partial charge in [0.05, 0.1) is 11.6 Å². The molecule has 0 aliphatic rings. The van der Waals surface area contributed by atoms with E-state index in [2.05, 4.69) is 10.4 Å². The Bertz CT molecular complexity index is 697. The third kappa shape index (κ3) is 3.91. The zero-order valence-electron chi connectivity index (χ0n) is 11.1. The first kappa shape index (κ1) is 14.3. The van der Waals surface area contributed by atoms with Gasteiger partial charge in [0.25, 0.3) is 5.91 Å². The van der Waals surface area contributed by atoms with Crippen molar-refractivity contribution in [2.75, 3.05) is 5.32 Å². The van der Waals surface area contributed by atoms with E-state index in [1.54, 1.807) is 36.5 Å². The van der Waals surface area contributed by atoms with E-state index < -0.39 is 5.91 Å². The predicted octanol–water partition coefficient (Wildman–Crippen LogP) is 0.882. The summed E-state index contributed by atoms with van der Waals surface area (Å²) in [6.45, 7) is 0.363. The van der Waals surface area contributed by atoms with Crippen LogP contribution in [0.2, 0.25) is 0 Å². The van der Waals surface area contributed by atoms with Crippen molar-refractivity contribution in [2.45, 2.75) is 13.0 Å². The predicted molar refractivity (Wildman–Crippen MR) is 75.1 cm³/mol. The molecule has 0 aliphatic heterocycles. The molecule has 106 valence electrons. The lowest BCUT2D eigenvalue weighted by atomic mass is 10.1. The Morgan fingerprint density at radius 3 is 2.62 bits per heavy atom. The molecule has 2 rings (SSSR count). The zero-order chi connectivity index (χ0) is 15.2. The molecule has 0 aliphatic carbocycles. The summed E-state index contributed by atoms with van der Waals surface area (Å²) in [5, 5.41) is 15.4. The lowest BCUT2D eigenvalue weighted by Gasteiger charge is -2.02. The fraction of sp³-hybridized carbons (Fsp3) is 0.143. The van der Waals surface area contributed by atoms with Crippen LogP contribution in [-0.2, 0) is 11.3 Å². The second kappa shape index (κ2) is 6.34. The largest absolute Gasteiger partial charge is 0.370 e. The van der Waals surface area contributed by atoms with E-state index in [9.17, 15) is 9.59 Å². The van der Waals surface area contributed by atoms with Crippen LogP contribution in [0.5, 0.6) is 0 Å². The molecule has 0 bridgehead atoms. The summed E-state index contributed by atoms with van der Waals surface area (Å²) in [6, 6.07) is 9.89. The Morgan fingerprint density at radius 2 is 2.00 bits per heavy atom. The van der Waals surface area contributed by atoms with Crippen molar-refractivity contribution in [3.63, 3.8) is 0 Å². The average molecular weight is 283 g/mol. The minimum absolute atomic E-state index is 0.185. The van der Waals surface area contributed by atoms with Crippen molar-refractivity contribution < 1.29 is 9.59 Å². The monoisotopic (exact) mass is 283 g/mol. The van der Waals surface area contributed by atoms with E-state index in [0.29, 0.717) is 23.5 Å². The summed E-state index contributed by atoms with van der Waals surface area (Å²) in [5.41, 5.74) is 5.97. The highest BCUT2D eigenvalue weighted by Gasteiger charge is 2.08. The highest BCUT2D eigenvalue weighted by atomic mass is 16.2. The van der Waals surface area contributed by atoms with Crippen LogP contribution in [0.3, 0.4) is 0 Å². The number of primary amides is 1. The number of benzene rings is 1. The number of nitrogens with two attached hydrogens (primary N) is 1. The zero-order valence-corrected chi connectivity index (χ0v) is 11.1. The van der Waals surface area contributed by atoms with Crippen LogP contribution in [-0.4, -0.2) is 21.6 Å². The second-order valence-electron chi connectivity index (χ2n) is 4.32. The summed E-state index contributed by atoms with van der Waals surface area (Å²) in [5.74, 6) is -0.345. The Kier molecular flexibility index (Phi) is 4.31. The molecule has 0 spiro atoms. The number of carbonyl (C=O) groups excluding carboxylic acids is 2. The molecule has 0 atom stereocenters. The normalized spacial score (nSPS) is 9.86. The minimum atomic E-state index is -0.409. The molecule has 1 aromatic heterocycles. The van der Waals surface area contributed by atoms with Crippen molar-refractivity contribution in [1.82, 2.24) is 9.78 Å². The van der Waals surface area contributed by atoms with Crippen LogP contribution in [0.15, 0.2) is 36.5 Å². The first-order valence-electron chi connectivity index (χ1n) is 6.22. The lowest BCUT2D eigenvalue weighted by molar-refractivity contribution is -0.118. The van der Waals surface area contributed by atoms with E-state index >= 15 is 0 Å². The number of amides is 2. The van der Waals surface area contributed by atoms with Gasteiger partial charge < -0.3 is 11.1 Å². The third-order valence-electron chi connectivity index (χ3n) is 2.75. The van der Waals surface area contributed by atoms with E-state index in [1.807, 2.05) is 6.07 Å². The topological polar surface area (TPSA) is 114 Å². The first-order chi connectivity index (χ1) is 10.1. The molecule has 0 fully saturated rings. The molecule has 7 heteroatoms. The van der Waals surface area contributed by atoms with Gasteiger partial charge in [0.1, 0.15) is 0 Å².